The van der Waals surface area contributed by atoms with Crippen LogP contribution in [0.2, 0.25) is 0 Å². The fraction of sp³-hybridized carbons (Fsp3) is 0.571. The first kappa shape index (κ1) is 10.5. The Morgan fingerprint density at radius 1 is 1.50 bits per heavy atom. The van der Waals surface area contributed by atoms with Gasteiger partial charge in [-0.1, -0.05) is 0 Å². The molecule has 1 fully saturated rings. The van der Waals surface area contributed by atoms with Gasteiger partial charge in [-0.2, -0.15) is 5.21 Å². The van der Waals surface area contributed by atoms with Gasteiger partial charge in [0.05, 0.1) is 6.10 Å². The maximum atomic E-state index is 11.7. The zero-order chi connectivity index (χ0) is 11.7. The number of aromatic nitrogens is 4. The predicted octanol–water partition coefficient (Wildman–Crippen LogP) is -2.14. The van der Waals surface area contributed by atoms with E-state index in [-0.39, 0.29) is 18.8 Å². The molecule has 2 heterocycles. The van der Waals surface area contributed by atoms with Crippen molar-refractivity contribution in [2.45, 2.75) is 18.6 Å². The number of carbonyl (C=O) groups excluding carboxylic acids is 1. The van der Waals surface area contributed by atoms with Crippen molar-refractivity contribution in [1.82, 2.24) is 25.5 Å². The van der Waals surface area contributed by atoms with E-state index in [1.807, 2.05) is 0 Å². The number of aliphatic hydroxyl groups excluding tert-OH is 1. The maximum Gasteiger partial charge on any atom is 0.326 e. The standard InChI is InChI=1S/C7H9N5O4/c13-3-1-4(7(15)16)12(2-3)6(14)5-8-10-11-9-5/h3-4,13H,1-2H2,(H,15,16)(H,8,9,10,11). The van der Waals surface area contributed by atoms with Crippen LogP contribution in [0.3, 0.4) is 0 Å². The molecule has 0 bridgehead atoms. The molecule has 1 aromatic rings. The van der Waals surface area contributed by atoms with E-state index in [0.29, 0.717) is 0 Å². The van der Waals surface area contributed by atoms with Crippen molar-refractivity contribution in [2.24, 2.45) is 0 Å². The highest BCUT2D eigenvalue weighted by atomic mass is 16.4. The number of carboxylic acids is 1. The number of nitrogens with one attached hydrogen (secondary N) is 1. The number of H-pyrrole nitrogens is 1. The number of aliphatic hydroxyl groups is 1. The quantitative estimate of drug-likeness (QED) is 0.525. The highest BCUT2D eigenvalue weighted by Crippen LogP contribution is 2.19. The van der Waals surface area contributed by atoms with Crippen molar-refractivity contribution in [2.75, 3.05) is 6.54 Å². The van der Waals surface area contributed by atoms with Gasteiger partial charge in [0, 0.05) is 13.0 Å². The normalized spacial score (nSPS) is 24.7. The lowest BCUT2D eigenvalue weighted by Crippen LogP contribution is -2.41. The number of aromatic amines is 1. The third kappa shape index (κ3) is 1.72. The molecule has 3 N–H and O–H groups in total. The number of aliphatic carboxylic acids is 1. The van der Waals surface area contributed by atoms with Crippen LogP contribution in [-0.4, -0.2) is 66.3 Å². The fourth-order valence-corrected chi connectivity index (χ4v) is 1.65. The van der Waals surface area contributed by atoms with Gasteiger partial charge >= 0.3 is 5.97 Å². The zero-order valence-corrected chi connectivity index (χ0v) is 8.07. The van der Waals surface area contributed by atoms with Crippen LogP contribution in [0, 0.1) is 0 Å². The molecule has 1 saturated heterocycles. The molecule has 1 aliphatic heterocycles. The summed E-state index contributed by atoms with van der Waals surface area (Å²) in [6.45, 7) is -0.0374. The molecule has 2 rings (SSSR count). The van der Waals surface area contributed by atoms with Crippen molar-refractivity contribution < 1.29 is 19.8 Å². The first-order valence-electron chi connectivity index (χ1n) is 4.55. The SMILES string of the molecule is O=C(O)C1CC(O)CN1C(=O)c1nn[nH]n1. The molecule has 2 unspecified atom stereocenters. The Bertz CT molecular complexity index is 405. The number of carboxylic acid groups (broad SMARTS) is 1. The van der Waals surface area contributed by atoms with Gasteiger partial charge in [0.2, 0.25) is 0 Å². The van der Waals surface area contributed by atoms with Crippen molar-refractivity contribution in [3.05, 3.63) is 5.82 Å². The second-order valence-electron chi connectivity index (χ2n) is 3.44. The van der Waals surface area contributed by atoms with Crippen LogP contribution in [0.1, 0.15) is 17.0 Å². The molecule has 0 aromatic carbocycles. The Labute approximate surface area is 89.1 Å². The Morgan fingerprint density at radius 2 is 2.25 bits per heavy atom. The third-order valence-corrected chi connectivity index (χ3v) is 2.36. The second kappa shape index (κ2) is 3.85. The molecule has 0 aliphatic carbocycles. The molecule has 1 aliphatic rings. The van der Waals surface area contributed by atoms with Gasteiger partial charge in [-0.3, -0.25) is 4.79 Å². The first-order chi connectivity index (χ1) is 7.59. The minimum atomic E-state index is -1.16. The molecule has 2 atom stereocenters. The molecule has 86 valence electrons. The molecule has 0 spiro atoms. The monoisotopic (exact) mass is 227 g/mol. The molecule has 16 heavy (non-hydrogen) atoms. The van der Waals surface area contributed by atoms with Gasteiger partial charge in [-0.15, -0.1) is 10.2 Å². The lowest BCUT2D eigenvalue weighted by molar-refractivity contribution is -0.141. The Kier molecular flexibility index (Phi) is 2.52. The lowest BCUT2D eigenvalue weighted by atomic mass is 10.2. The van der Waals surface area contributed by atoms with Crippen LogP contribution < -0.4 is 0 Å². The summed E-state index contributed by atoms with van der Waals surface area (Å²) in [5.41, 5.74) is 0. The molecule has 0 saturated carbocycles. The minimum Gasteiger partial charge on any atom is -0.480 e. The first-order valence-corrected chi connectivity index (χ1v) is 4.55. The minimum absolute atomic E-state index is 0.0128. The average Bonchev–Trinajstić information content (AvgIpc) is 2.84. The van der Waals surface area contributed by atoms with Crippen LogP contribution >= 0.6 is 0 Å². The van der Waals surface area contributed by atoms with E-state index in [9.17, 15) is 14.7 Å². The van der Waals surface area contributed by atoms with Crippen molar-refractivity contribution in [3.63, 3.8) is 0 Å². The molecular formula is C7H9N5O4. The molecule has 9 nitrogen and oxygen atoms in total. The van der Waals surface area contributed by atoms with Gasteiger partial charge < -0.3 is 15.1 Å². The van der Waals surface area contributed by atoms with Crippen LogP contribution in [0.15, 0.2) is 0 Å². The lowest BCUT2D eigenvalue weighted by Gasteiger charge is -2.18. The van der Waals surface area contributed by atoms with Crippen molar-refractivity contribution in [1.29, 1.82) is 0 Å². The summed E-state index contributed by atoms with van der Waals surface area (Å²) in [6, 6.07) is -1.04. The summed E-state index contributed by atoms with van der Waals surface area (Å²) >= 11 is 0. The molecule has 9 heteroatoms. The summed E-state index contributed by atoms with van der Waals surface area (Å²) in [5, 5.41) is 30.5. The van der Waals surface area contributed by atoms with Gasteiger partial charge in [0.1, 0.15) is 6.04 Å². The van der Waals surface area contributed by atoms with Gasteiger partial charge in [0.15, 0.2) is 0 Å². The summed E-state index contributed by atoms with van der Waals surface area (Å²) in [6.07, 6.45) is -0.823. The summed E-state index contributed by atoms with van der Waals surface area (Å²) < 4.78 is 0. The highest BCUT2D eigenvalue weighted by molar-refractivity contribution is 5.93. The molecule has 1 aromatic heterocycles. The predicted molar refractivity (Wildman–Crippen MR) is 47.3 cm³/mol. The number of nitrogens with zero attached hydrogens (tertiary/aromatic N) is 4. The zero-order valence-electron chi connectivity index (χ0n) is 8.07. The van der Waals surface area contributed by atoms with E-state index in [1.165, 1.54) is 0 Å². The Balaban J connectivity index is 2.20. The van der Waals surface area contributed by atoms with Crippen LogP contribution in [-0.2, 0) is 4.79 Å². The van der Waals surface area contributed by atoms with Gasteiger partial charge in [0.25, 0.3) is 11.7 Å². The Morgan fingerprint density at radius 3 is 2.81 bits per heavy atom. The van der Waals surface area contributed by atoms with E-state index in [1.54, 1.807) is 0 Å². The van der Waals surface area contributed by atoms with Crippen LogP contribution in [0.5, 0.6) is 0 Å². The number of β-amino-alcohol motifs (C(OH)–C–C–N with tert-alkyl or cyclic N) is 1. The fourth-order valence-electron chi connectivity index (χ4n) is 1.65. The van der Waals surface area contributed by atoms with Crippen molar-refractivity contribution >= 4 is 11.9 Å². The smallest absolute Gasteiger partial charge is 0.326 e. The summed E-state index contributed by atoms with van der Waals surface area (Å²) in [4.78, 5) is 23.6. The third-order valence-electron chi connectivity index (χ3n) is 2.36. The van der Waals surface area contributed by atoms with E-state index >= 15 is 0 Å². The molecular weight excluding hydrogens is 218 g/mol. The maximum absolute atomic E-state index is 11.7. The summed E-state index contributed by atoms with van der Waals surface area (Å²) in [5.74, 6) is -2.02. The Hall–Kier alpha value is -2.03. The topological polar surface area (TPSA) is 132 Å². The number of rotatable bonds is 2. The number of tetrazole rings is 1. The molecule has 0 radical (unpaired) electrons. The van der Waals surface area contributed by atoms with Crippen molar-refractivity contribution in [3.8, 4) is 0 Å². The second-order valence-corrected chi connectivity index (χ2v) is 3.44. The largest absolute Gasteiger partial charge is 0.480 e. The number of hydrogen-bond donors (Lipinski definition) is 3. The summed E-state index contributed by atoms with van der Waals surface area (Å²) in [7, 11) is 0. The van der Waals surface area contributed by atoms with E-state index in [4.69, 9.17) is 5.11 Å². The highest BCUT2D eigenvalue weighted by Gasteiger charge is 2.40. The van der Waals surface area contributed by atoms with Crippen LogP contribution in [0.25, 0.3) is 0 Å². The number of likely N-dealkylation sites (tertiary alicyclic amines) is 1. The van der Waals surface area contributed by atoms with Crippen LogP contribution in [0.4, 0.5) is 0 Å². The van der Waals surface area contributed by atoms with E-state index in [2.05, 4.69) is 20.6 Å². The number of amides is 1. The number of carbonyl (C=O) groups is 2. The molecule has 1 amide bonds. The van der Waals surface area contributed by atoms with E-state index in [0.717, 1.165) is 4.90 Å². The van der Waals surface area contributed by atoms with E-state index < -0.39 is 24.0 Å². The van der Waals surface area contributed by atoms with Gasteiger partial charge in [-0.05, 0) is 5.21 Å². The van der Waals surface area contributed by atoms with Gasteiger partial charge in [-0.25, -0.2) is 4.79 Å². The number of hydrogen-bond acceptors (Lipinski definition) is 6. The average molecular weight is 227 g/mol.